The molecule has 3 nitrogen and oxygen atoms in total. The van der Waals surface area contributed by atoms with Crippen molar-refractivity contribution in [1.29, 1.82) is 0 Å². The van der Waals surface area contributed by atoms with Gasteiger partial charge in [0, 0.05) is 11.6 Å². The number of carbonyl (C=O) groups excluding carboxylic acids is 1. The molecule has 0 atom stereocenters. The second kappa shape index (κ2) is 7.31. The SMILES string of the molecule is O=C1C(=Cc2ccc(-c3ccccc3Cl)o2)SC(=S)N1c1ccc(F)cc1. The van der Waals surface area contributed by atoms with Crippen LogP contribution in [0.1, 0.15) is 5.76 Å². The molecule has 3 aromatic rings. The van der Waals surface area contributed by atoms with E-state index in [9.17, 15) is 9.18 Å². The Hall–Kier alpha value is -2.41. The third-order valence-electron chi connectivity index (χ3n) is 3.92. The molecule has 1 aromatic heterocycles. The molecule has 1 fully saturated rings. The molecule has 1 amide bonds. The second-order valence-corrected chi connectivity index (χ2v) is 7.76. The molecule has 1 aliphatic heterocycles. The lowest BCUT2D eigenvalue weighted by Gasteiger charge is -2.14. The molecule has 134 valence electrons. The maximum Gasteiger partial charge on any atom is 0.270 e. The zero-order valence-electron chi connectivity index (χ0n) is 13.7. The van der Waals surface area contributed by atoms with Gasteiger partial charge in [-0.25, -0.2) is 4.39 Å². The predicted molar refractivity (Wildman–Crippen MR) is 111 cm³/mol. The zero-order chi connectivity index (χ0) is 19.0. The molecular formula is C20H11ClFNO2S2. The standard InChI is InChI=1S/C20H11ClFNO2S2/c21-16-4-2-1-3-15(16)17-10-9-14(25-17)11-18-19(24)23(20(26)27-18)13-7-5-12(22)6-8-13/h1-11H. The number of halogens is 2. The summed E-state index contributed by atoms with van der Waals surface area (Å²) in [5, 5.41) is 0.584. The number of amides is 1. The Morgan fingerprint density at radius 3 is 2.56 bits per heavy atom. The Labute approximate surface area is 169 Å². The van der Waals surface area contributed by atoms with Crippen molar-refractivity contribution in [2.45, 2.75) is 0 Å². The van der Waals surface area contributed by atoms with Gasteiger partial charge in [-0.3, -0.25) is 9.69 Å². The van der Waals surface area contributed by atoms with E-state index in [1.165, 1.54) is 40.9 Å². The third kappa shape index (κ3) is 3.56. The highest BCUT2D eigenvalue weighted by atomic mass is 35.5. The van der Waals surface area contributed by atoms with Gasteiger partial charge in [0.25, 0.3) is 5.91 Å². The van der Waals surface area contributed by atoms with Gasteiger partial charge in [-0.2, -0.15) is 0 Å². The van der Waals surface area contributed by atoms with Gasteiger partial charge in [-0.05, 0) is 48.5 Å². The van der Waals surface area contributed by atoms with E-state index in [1.807, 2.05) is 18.2 Å². The maximum atomic E-state index is 13.1. The van der Waals surface area contributed by atoms with Crippen LogP contribution in [0.25, 0.3) is 17.4 Å². The normalized spacial score (nSPS) is 15.8. The van der Waals surface area contributed by atoms with Gasteiger partial charge in [-0.1, -0.05) is 47.7 Å². The van der Waals surface area contributed by atoms with Crippen LogP contribution >= 0.6 is 35.6 Å². The summed E-state index contributed by atoms with van der Waals surface area (Å²) in [6, 6.07) is 16.5. The van der Waals surface area contributed by atoms with Crippen molar-refractivity contribution in [3.05, 3.63) is 82.2 Å². The van der Waals surface area contributed by atoms with E-state index in [4.69, 9.17) is 28.2 Å². The minimum absolute atomic E-state index is 0.271. The van der Waals surface area contributed by atoms with Gasteiger partial charge >= 0.3 is 0 Å². The summed E-state index contributed by atoms with van der Waals surface area (Å²) in [5.74, 6) is 0.486. The summed E-state index contributed by atoms with van der Waals surface area (Å²) in [4.78, 5) is 14.5. The molecule has 0 bridgehead atoms. The zero-order valence-corrected chi connectivity index (χ0v) is 16.1. The molecule has 1 saturated heterocycles. The van der Waals surface area contributed by atoms with Crippen LogP contribution in [0.2, 0.25) is 5.02 Å². The van der Waals surface area contributed by atoms with E-state index in [-0.39, 0.29) is 11.7 Å². The molecular weight excluding hydrogens is 405 g/mol. The molecule has 4 rings (SSSR count). The van der Waals surface area contributed by atoms with Gasteiger partial charge in [0.2, 0.25) is 0 Å². The average Bonchev–Trinajstić information content (AvgIpc) is 3.22. The molecule has 27 heavy (non-hydrogen) atoms. The van der Waals surface area contributed by atoms with Gasteiger partial charge in [0.15, 0.2) is 4.32 Å². The first-order valence-electron chi connectivity index (χ1n) is 7.91. The molecule has 7 heteroatoms. The van der Waals surface area contributed by atoms with Crippen molar-refractivity contribution in [1.82, 2.24) is 0 Å². The molecule has 0 N–H and O–H groups in total. The van der Waals surface area contributed by atoms with E-state index in [1.54, 1.807) is 24.3 Å². The number of anilines is 1. The average molecular weight is 416 g/mol. The summed E-state index contributed by atoms with van der Waals surface area (Å²) in [7, 11) is 0. The monoisotopic (exact) mass is 415 g/mol. The molecule has 0 saturated carbocycles. The number of rotatable bonds is 3. The molecule has 0 spiro atoms. The minimum Gasteiger partial charge on any atom is -0.457 e. The van der Waals surface area contributed by atoms with Crippen molar-refractivity contribution < 1.29 is 13.6 Å². The van der Waals surface area contributed by atoms with E-state index in [2.05, 4.69) is 0 Å². The maximum absolute atomic E-state index is 13.1. The van der Waals surface area contributed by atoms with Crippen LogP contribution in [0, 0.1) is 5.82 Å². The number of nitrogens with zero attached hydrogens (tertiary/aromatic N) is 1. The van der Waals surface area contributed by atoms with Crippen molar-refractivity contribution in [2.24, 2.45) is 0 Å². The van der Waals surface area contributed by atoms with Gasteiger partial charge < -0.3 is 4.42 Å². The van der Waals surface area contributed by atoms with Gasteiger partial charge in [0.1, 0.15) is 17.3 Å². The highest BCUT2D eigenvalue weighted by Crippen LogP contribution is 2.37. The molecule has 2 aromatic carbocycles. The summed E-state index contributed by atoms with van der Waals surface area (Å²) in [6.07, 6.45) is 1.64. The number of thiocarbonyl (C=S) groups is 1. The van der Waals surface area contributed by atoms with Crippen LogP contribution in [0.15, 0.2) is 70.0 Å². The van der Waals surface area contributed by atoms with Crippen LogP contribution in [0.5, 0.6) is 0 Å². The summed E-state index contributed by atoms with van der Waals surface area (Å²) in [6.45, 7) is 0. The second-order valence-electron chi connectivity index (χ2n) is 5.68. The van der Waals surface area contributed by atoms with E-state index in [0.29, 0.717) is 31.5 Å². The Balaban J connectivity index is 1.62. The largest absolute Gasteiger partial charge is 0.457 e. The first-order chi connectivity index (χ1) is 13.0. The van der Waals surface area contributed by atoms with Crippen LogP contribution in [-0.2, 0) is 4.79 Å². The van der Waals surface area contributed by atoms with Crippen molar-refractivity contribution in [2.75, 3.05) is 4.90 Å². The molecule has 2 heterocycles. The predicted octanol–water partition coefficient (Wildman–Crippen LogP) is 6.14. The summed E-state index contributed by atoms with van der Waals surface area (Å²) < 4.78 is 19.3. The molecule has 0 unspecified atom stereocenters. The lowest BCUT2D eigenvalue weighted by atomic mass is 10.2. The quantitative estimate of drug-likeness (QED) is 0.379. The Bertz CT molecular complexity index is 1080. The number of benzene rings is 2. The van der Waals surface area contributed by atoms with Crippen molar-refractivity contribution in [3.63, 3.8) is 0 Å². The molecule has 0 radical (unpaired) electrons. The fourth-order valence-corrected chi connectivity index (χ4v) is 4.15. The van der Waals surface area contributed by atoms with Crippen LogP contribution < -0.4 is 4.90 Å². The molecule has 1 aliphatic rings. The Morgan fingerprint density at radius 1 is 1.07 bits per heavy atom. The van der Waals surface area contributed by atoms with E-state index < -0.39 is 0 Å². The lowest BCUT2D eigenvalue weighted by Crippen LogP contribution is -2.27. The number of thioether (sulfide) groups is 1. The third-order valence-corrected chi connectivity index (χ3v) is 5.55. The van der Waals surface area contributed by atoms with Crippen LogP contribution in [-0.4, -0.2) is 10.2 Å². The van der Waals surface area contributed by atoms with Gasteiger partial charge in [-0.15, -0.1) is 0 Å². The van der Waals surface area contributed by atoms with E-state index >= 15 is 0 Å². The topological polar surface area (TPSA) is 33.5 Å². The number of furan rings is 1. The fourth-order valence-electron chi connectivity index (χ4n) is 2.65. The van der Waals surface area contributed by atoms with Crippen LogP contribution in [0.4, 0.5) is 10.1 Å². The van der Waals surface area contributed by atoms with Crippen molar-refractivity contribution >= 4 is 57.6 Å². The van der Waals surface area contributed by atoms with Crippen molar-refractivity contribution in [3.8, 4) is 11.3 Å². The Morgan fingerprint density at radius 2 is 1.81 bits per heavy atom. The lowest BCUT2D eigenvalue weighted by molar-refractivity contribution is -0.113. The van der Waals surface area contributed by atoms with Crippen LogP contribution in [0.3, 0.4) is 0 Å². The number of carbonyl (C=O) groups is 1. The highest BCUT2D eigenvalue weighted by Gasteiger charge is 2.33. The first-order valence-corrected chi connectivity index (χ1v) is 9.51. The Kier molecular flexibility index (Phi) is 4.86. The molecule has 0 aliphatic carbocycles. The number of hydrogen-bond donors (Lipinski definition) is 0. The fraction of sp³-hybridized carbons (Fsp3) is 0. The van der Waals surface area contributed by atoms with Gasteiger partial charge in [0.05, 0.1) is 15.6 Å². The first kappa shape index (κ1) is 18.0. The number of hydrogen-bond acceptors (Lipinski definition) is 4. The smallest absolute Gasteiger partial charge is 0.270 e. The minimum atomic E-state index is -0.373. The highest BCUT2D eigenvalue weighted by molar-refractivity contribution is 8.27. The summed E-state index contributed by atoms with van der Waals surface area (Å²) in [5.41, 5.74) is 1.30. The summed E-state index contributed by atoms with van der Waals surface area (Å²) >= 11 is 12.7. The van der Waals surface area contributed by atoms with E-state index in [0.717, 1.165) is 5.56 Å².